The number of nitrogens with two attached hydrogens (primary N) is 1. The molecule has 0 saturated carbocycles. The van der Waals surface area contributed by atoms with Gasteiger partial charge in [-0.3, -0.25) is 0 Å². The van der Waals surface area contributed by atoms with E-state index in [-0.39, 0.29) is 0 Å². The van der Waals surface area contributed by atoms with Crippen molar-refractivity contribution < 1.29 is 9.18 Å². The zero-order chi connectivity index (χ0) is 13.8. The quantitative estimate of drug-likeness (QED) is 0.734. The lowest BCUT2D eigenvalue weighted by Crippen LogP contribution is -2.19. The second kappa shape index (κ2) is 5.58. The van der Waals surface area contributed by atoms with Gasteiger partial charge in [-0.05, 0) is 36.4 Å². The number of hydrogen-bond acceptors (Lipinski definition) is 2. The minimum Gasteiger partial charge on any atom is -0.399 e. The van der Waals surface area contributed by atoms with Crippen LogP contribution in [-0.2, 0) is 0 Å². The molecule has 0 bridgehead atoms. The van der Waals surface area contributed by atoms with E-state index >= 15 is 0 Å². The number of nitrogen functional groups attached to an aromatic ring is 1. The van der Waals surface area contributed by atoms with Gasteiger partial charge in [-0.2, -0.15) is 0 Å². The van der Waals surface area contributed by atoms with Crippen LogP contribution in [0.2, 0.25) is 5.02 Å². The van der Waals surface area contributed by atoms with E-state index in [1.54, 1.807) is 18.2 Å². The first kappa shape index (κ1) is 13.2. The summed E-state index contributed by atoms with van der Waals surface area (Å²) in [5, 5.41) is 5.39. The molecule has 2 rings (SSSR count). The molecule has 0 atom stereocenters. The second-order valence-electron chi connectivity index (χ2n) is 3.83. The number of carbonyl (C=O) groups is 1. The molecule has 0 radical (unpaired) electrons. The number of urea groups is 1. The standard InChI is InChI=1S/C13H11ClFN3O/c14-11-5-4-9(16)7-12(11)18-13(19)17-10-3-1-2-8(15)6-10/h1-7H,16H2,(H2,17,18,19). The smallest absolute Gasteiger partial charge is 0.323 e. The summed E-state index contributed by atoms with van der Waals surface area (Å²) in [4.78, 5) is 11.7. The molecule has 0 saturated heterocycles. The Morgan fingerprint density at radius 1 is 1.16 bits per heavy atom. The highest BCUT2D eigenvalue weighted by atomic mass is 35.5. The Labute approximate surface area is 114 Å². The molecule has 0 aliphatic carbocycles. The highest BCUT2D eigenvalue weighted by Gasteiger charge is 2.06. The average Bonchev–Trinajstić information content (AvgIpc) is 2.34. The maximum Gasteiger partial charge on any atom is 0.323 e. The number of hydrogen-bond donors (Lipinski definition) is 3. The Hall–Kier alpha value is -2.27. The van der Waals surface area contributed by atoms with E-state index in [2.05, 4.69) is 10.6 Å². The molecule has 0 fully saturated rings. The van der Waals surface area contributed by atoms with Crippen molar-refractivity contribution in [2.45, 2.75) is 0 Å². The predicted octanol–water partition coefficient (Wildman–Crippen LogP) is 3.71. The van der Waals surface area contributed by atoms with Crippen molar-refractivity contribution in [2.75, 3.05) is 16.4 Å². The Balaban J connectivity index is 2.07. The fraction of sp³-hybridized carbons (Fsp3) is 0. The van der Waals surface area contributed by atoms with Crippen LogP contribution >= 0.6 is 11.6 Å². The zero-order valence-corrected chi connectivity index (χ0v) is 10.5. The molecular weight excluding hydrogens is 269 g/mol. The summed E-state index contributed by atoms with van der Waals surface area (Å²) in [7, 11) is 0. The van der Waals surface area contributed by atoms with E-state index in [0.29, 0.717) is 22.1 Å². The summed E-state index contributed by atoms with van der Waals surface area (Å²) in [5.41, 5.74) is 6.80. The van der Waals surface area contributed by atoms with Gasteiger partial charge >= 0.3 is 6.03 Å². The van der Waals surface area contributed by atoms with E-state index in [9.17, 15) is 9.18 Å². The van der Waals surface area contributed by atoms with Crippen molar-refractivity contribution in [3.05, 3.63) is 53.3 Å². The third-order valence-electron chi connectivity index (χ3n) is 2.32. The summed E-state index contributed by atoms with van der Waals surface area (Å²) in [6.45, 7) is 0. The van der Waals surface area contributed by atoms with Crippen molar-refractivity contribution in [1.82, 2.24) is 0 Å². The van der Waals surface area contributed by atoms with E-state index < -0.39 is 11.8 Å². The normalized spacial score (nSPS) is 10.0. The Kier molecular flexibility index (Phi) is 3.87. The lowest BCUT2D eigenvalue weighted by Gasteiger charge is -2.09. The third-order valence-corrected chi connectivity index (χ3v) is 2.65. The molecular formula is C13H11ClFN3O. The van der Waals surface area contributed by atoms with Gasteiger partial charge in [0.25, 0.3) is 0 Å². The summed E-state index contributed by atoms with van der Waals surface area (Å²) in [6, 6.07) is 9.78. The van der Waals surface area contributed by atoms with Crippen molar-refractivity contribution >= 4 is 34.7 Å². The maximum absolute atomic E-state index is 13.0. The first-order chi connectivity index (χ1) is 9.04. The van der Waals surface area contributed by atoms with Crippen LogP contribution < -0.4 is 16.4 Å². The van der Waals surface area contributed by atoms with Crippen LogP contribution in [0.5, 0.6) is 0 Å². The topological polar surface area (TPSA) is 67.1 Å². The maximum atomic E-state index is 13.0. The summed E-state index contributed by atoms with van der Waals surface area (Å²) in [6.07, 6.45) is 0. The van der Waals surface area contributed by atoms with E-state index in [1.807, 2.05) is 0 Å². The van der Waals surface area contributed by atoms with Gasteiger partial charge in [0.1, 0.15) is 5.82 Å². The molecule has 0 unspecified atom stereocenters. The van der Waals surface area contributed by atoms with Gasteiger partial charge in [0.15, 0.2) is 0 Å². The van der Waals surface area contributed by atoms with Crippen LogP contribution in [0.15, 0.2) is 42.5 Å². The fourth-order valence-corrected chi connectivity index (χ4v) is 1.65. The minimum absolute atomic E-state index is 0.345. The molecule has 0 aromatic heterocycles. The zero-order valence-electron chi connectivity index (χ0n) is 9.78. The number of rotatable bonds is 2. The van der Waals surface area contributed by atoms with Crippen molar-refractivity contribution in [2.24, 2.45) is 0 Å². The largest absolute Gasteiger partial charge is 0.399 e. The van der Waals surface area contributed by atoms with Gasteiger partial charge in [-0.1, -0.05) is 17.7 Å². The summed E-state index contributed by atoms with van der Waals surface area (Å²) in [5.74, 6) is -0.431. The van der Waals surface area contributed by atoms with Gasteiger partial charge in [0, 0.05) is 11.4 Å². The third kappa shape index (κ3) is 3.59. The van der Waals surface area contributed by atoms with Crippen molar-refractivity contribution in [3.63, 3.8) is 0 Å². The molecule has 0 aliphatic heterocycles. The molecule has 2 aromatic carbocycles. The number of amides is 2. The summed E-state index contributed by atoms with van der Waals surface area (Å²) < 4.78 is 13.0. The molecule has 19 heavy (non-hydrogen) atoms. The predicted molar refractivity (Wildman–Crippen MR) is 74.9 cm³/mol. The lowest BCUT2D eigenvalue weighted by atomic mass is 10.3. The fourth-order valence-electron chi connectivity index (χ4n) is 1.49. The first-order valence-electron chi connectivity index (χ1n) is 5.43. The minimum atomic E-state index is -0.530. The van der Waals surface area contributed by atoms with E-state index in [1.165, 1.54) is 24.3 Å². The van der Waals surface area contributed by atoms with Crippen LogP contribution in [-0.4, -0.2) is 6.03 Å². The highest BCUT2D eigenvalue weighted by molar-refractivity contribution is 6.34. The number of anilines is 3. The average molecular weight is 280 g/mol. The van der Waals surface area contributed by atoms with E-state index in [0.717, 1.165) is 0 Å². The number of carbonyl (C=O) groups excluding carboxylic acids is 1. The number of halogens is 2. The lowest BCUT2D eigenvalue weighted by molar-refractivity contribution is 0.262. The summed E-state index contributed by atoms with van der Waals surface area (Å²) >= 11 is 5.91. The van der Waals surface area contributed by atoms with E-state index in [4.69, 9.17) is 17.3 Å². The molecule has 0 aliphatic rings. The Bertz CT molecular complexity index is 619. The molecule has 2 aromatic rings. The number of benzene rings is 2. The molecule has 2 amide bonds. The second-order valence-corrected chi connectivity index (χ2v) is 4.24. The van der Waals surface area contributed by atoms with Crippen LogP contribution in [0.4, 0.5) is 26.2 Å². The molecule has 6 heteroatoms. The van der Waals surface area contributed by atoms with Crippen LogP contribution in [0.25, 0.3) is 0 Å². The molecule has 4 nitrogen and oxygen atoms in total. The van der Waals surface area contributed by atoms with Crippen LogP contribution in [0.3, 0.4) is 0 Å². The van der Waals surface area contributed by atoms with Gasteiger partial charge in [-0.15, -0.1) is 0 Å². The molecule has 98 valence electrons. The first-order valence-corrected chi connectivity index (χ1v) is 5.81. The van der Waals surface area contributed by atoms with Gasteiger partial charge in [0.05, 0.1) is 10.7 Å². The molecule has 0 spiro atoms. The van der Waals surface area contributed by atoms with Crippen molar-refractivity contribution in [1.29, 1.82) is 0 Å². The van der Waals surface area contributed by atoms with Crippen molar-refractivity contribution in [3.8, 4) is 0 Å². The SMILES string of the molecule is Nc1ccc(Cl)c(NC(=O)Nc2cccc(F)c2)c1. The Morgan fingerprint density at radius 2 is 1.95 bits per heavy atom. The van der Waals surface area contributed by atoms with Gasteiger partial charge in [0.2, 0.25) is 0 Å². The van der Waals surface area contributed by atoms with Crippen LogP contribution in [0.1, 0.15) is 0 Å². The Morgan fingerprint density at radius 3 is 2.68 bits per heavy atom. The van der Waals surface area contributed by atoms with Gasteiger partial charge in [-0.25, -0.2) is 9.18 Å². The molecule has 4 N–H and O–H groups in total. The number of nitrogens with one attached hydrogen (secondary N) is 2. The van der Waals surface area contributed by atoms with Gasteiger partial charge < -0.3 is 16.4 Å². The monoisotopic (exact) mass is 279 g/mol. The highest BCUT2D eigenvalue weighted by Crippen LogP contribution is 2.24. The van der Waals surface area contributed by atoms with Crippen LogP contribution in [0, 0.1) is 5.82 Å². The molecule has 0 heterocycles.